The number of hydrogen-bond donors (Lipinski definition) is 2. The van der Waals surface area contributed by atoms with Gasteiger partial charge >= 0.3 is 12.6 Å². The fourth-order valence-corrected chi connectivity index (χ4v) is 5.33. The van der Waals surface area contributed by atoms with Crippen LogP contribution in [0.1, 0.15) is 45.8 Å². The summed E-state index contributed by atoms with van der Waals surface area (Å²) in [5.74, 6) is -0.751. The zero-order valence-corrected chi connectivity index (χ0v) is 19.1. The SMILES string of the molecule is COC(=O)c1c(NC(=O)C2CC2)sc2c1C[C@@H](NC(=S)c1cc(OC(F)F)nn1C)CC2. The molecule has 1 fully saturated rings. The number of alkyl halides is 2. The first-order valence-electron chi connectivity index (χ1n) is 10.1. The van der Waals surface area contributed by atoms with E-state index in [0.29, 0.717) is 34.1 Å². The molecular weight excluding hydrogens is 462 g/mol. The fourth-order valence-electron chi connectivity index (χ4n) is 3.73. The number of nitrogens with zero attached hydrogens (tertiary/aromatic N) is 2. The molecule has 0 aliphatic heterocycles. The molecule has 32 heavy (non-hydrogen) atoms. The van der Waals surface area contributed by atoms with E-state index >= 15 is 0 Å². The number of carbonyl (C=O) groups is 2. The lowest BCUT2D eigenvalue weighted by molar-refractivity contribution is -0.117. The van der Waals surface area contributed by atoms with Crippen LogP contribution in [-0.2, 0) is 29.4 Å². The Balaban J connectivity index is 1.51. The van der Waals surface area contributed by atoms with Crippen LogP contribution < -0.4 is 15.4 Å². The van der Waals surface area contributed by atoms with Crippen LogP contribution in [0.3, 0.4) is 0 Å². The third-order valence-corrected chi connectivity index (χ3v) is 7.00. The Morgan fingerprint density at radius 1 is 1.34 bits per heavy atom. The minimum atomic E-state index is -2.97. The lowest BCUT2D eigenvalue weighted by atomic mass is 9.91. The number of carbonyl (C=O) groups excluding carboxylic acids is 2. The minimum Gasteiger partial charge on any atom is -0.465 e. The van der Waals surface area contributed by atoms with E-state index in [9.17, 15) is 18.4 Å². The average Bonchev–Trinajstić information content (AvgIpc) is 3.44. The summed E-state index contributed by atoms with van der Waals surface area (Å²) in [6.07, 6.45) is 3.70. The maximum atomic E-state index is 12.5. The summed E-state index contributed by atoms with van der Waals surface area (Å²) >= 11 is 6.87. The van der Waals surface area contributed by atoms with E-state index in [0.717, 1.165) is 29.7 Å². The molecule has 4 rings (SSSR count). The molecule has 172 valence electrons. The third kappa shape index (κ3) is 4.75. The van der Waals surface area contributed by atoms with Crippen molar-refractivity contribution in [2.75, 3.05) is 12.4 Å². The normalized spacial score (nSPS) is 17.6. The number of rotatable bonds is 7. The number of aromatic nitrogens is 2. The van der Waals surface area contributed by atoms with E-state index in [-0.39, 0.29) is 23.7 Å². The fraction of sp³-hybridized carbons (Fsp3) is 0.500. The maximum Gasteiger partial charge on any atom is 0.388 e. The quantitative estimate of drug-likeness (QED) is 0.461. The van der Waals surface area contributed by atoms with Crippen LogP contribution in [0.2, 0.25) is 0 Å². The van der Waals surface area contributed by atoms with Gasteiger partial charge in [-0.1, -0.05) is 12.2 Å². The van der Waals surface area contributed by atoms with E-state index in [1.165, 1.54) is 29.2 Å². The van der Waals surface area contributed by atoms with Gasteiger partial charge in [-0.3, -0.25) is 9.48 Å². The molecule has 0 bridgehead atoms. The van der Waals surface area contributed by atoms with Crippen LogP contribution in [0.15, 0.2) is 6.07 Å². The highest BCUT2D eigenvalue weighted by Gasteiger charge is 2.34. The standard InChI is InChI=1S/C20H22F2N4O4S2/c1-26-12(8-14(25-26)30-20(21)22)17(31)23-10-5-6-13-11(7-10)15(19(28)29-2)18(32-13)24-16(27)9-3-4-9/h8-10,20H,3-7H2,1-2H3,(H,23,31)(H,24,27)/t10-/m0/s1. The van der Waals surface area contributed by atoms with Gasteiger partial charge in [-0.15, -0.1) is 16.4 Å². The molecule has 1 amide bonds. The summed E-state index contributed by atoms with van der Waals surface area (Å²) in [6.45, 7) is -2.97. The largest absolute Gasteiger partial charge is 0.465 e. The average molecular weight is 485 g/mol. The molecular formula is C20H22F2N4O4S2. The van der Waals surface area contributed by atoms with Crippen molar-refractivity contribution in [2.45, 2.75) is 44.8 Å². The van der Waals surface area contributed by atoms with Gasteiger partial charge in [0.1, 0.15) is 9.99 Å². The van der Waals surface area contributed by atoms with Crippen LogP contribution >= 0.6 is 23.6 Å². The molecule has 2 aromatic heterocycles. The molecule has 8 nitrogen and oxygen atoms in total. The Morgan fingerprint density at radius 3 is 2.75 bits per heavy atom. The summed E-state index contributed by atoms with van der Waals surface area (Å²) in [6, 6.07) is 1.26. The highest BCUT2D eigenvalue weighted by Crippen LogP contribution is 2.40. The Hall–Kier alpha value is -2.60. The van der Waals surface area contributed by atoms with Crippen molar-refractivity contribution < 1.29 is 27.8 Å². The molecule has 0 radical (unpaired) electrons. The van der Waals surface area contributed by atoms with Gasteiger partial charge in [0, 0.05) is 30.0 Å². The summed E-state index contributed by atoms with van der Waals surface area (Å²) in [5.41, 5.74) is 1.68. The molecule has 2 aliphatic carbocycles. The maximum absolute atomic E-state index is 12.5. The summed E-state index contributed by atoms with van der Waals surface area (Å²) in [5, 5.41) is 10.6. The van der Waals surface area contributed by atoms with Gasteiger partial charge in [0.2, 0.25) is 11.8 Å². The molecule has 1 saturated carbocycles. The van der Waals surface area contributed by atoms with Gasteiger partial charge in [-0.25, -0.2) is 4.79 Å². The number of aryl methyl sites for hydroxylation is 2. The molecule has 12 heteroatoms. The highest BCUT2D eigenvalue weighted by molar-refractivity contribution is 7.80. The Kier molecular flexibility index (Phi) is 6.42. The van der Waals surface area contributed by atoms with Crippen molar-refractivity contribution >= 4 is 45.4 Å². The van der Waals surface area contributed by atoms with E-state index < -0.39 is 12.6 Å². The van der Waals surface area contributed by atoms with Gasteiger partial charge in [0.15, 0.2) is 0 Å². The van der Waals surface area contributed by atoms with Crippen molar-refractivity contribution in [1.29, 1.82) is 0 Å². The number of thiocarbonyl (C=S) groups is 1. The van der Waals surface area contributed by atoms with Gasteiger partial charge in [-0.05, 0) is 37.7 Å². The zero-order valence-electron chi connectivity index (χ0n) is 17.4. The number of nitrogens with one attached hydrogen (secondary N) is 2. The molecule has 2 heterocycles. The third-order valence-electron chi connectivity index (χ3n) is 5.47. The molecule has 0 unspecified atom stereocenters. The van der Waals surface area contributed by atoms with Gasteiger partial charge in [-0.2, -0.15) is 8.78 Å². The van der Waals surface area contributed by atoms with Crippen LogP contribution in [-0.4, -0.2) is 46.4 Å². The van der Waals surface area contributed by atoms with E-state index in [2.05, 4.69) is 20.5 Å². The van der Waals surface area contributed by atoms with Crippen molar-refractivity contribution in [2.24, 2.45) is 13.0 Å². The number of amides is 1. The lowest BCUT2D eigenvalue weighted by Gasteiger charge is -2.25. The van der Waals surface area contributed by atoms with Crippen LogP contribution in [0.4, 0.5) is 13.8 Å². The van der Waals surface area contributed by atoms with Gasteiger partial charge in [0.05, 0.1) is 18.4 Å². The minimum absolute atomic E-state index is 0.0178. The van der Waals surface area contributed by atoms with Crippen molar-refractivity contribution in [3.05, 3.63) is 27.8 Å². The number of fused-ring (bicyclic) bond motifs is 1. The molecule has 2 aliphatic rings. The topological polar surface area (TPSA) is 94.5 Å². The van der Waals surface area contributed by atoms with Crippen LogP contribution in [0.25, 0.3) is 0 Å². The first kappa shape index (κ1) is 22.6. The zero-order chi connectivity index (χ0) is 23.0. The van der Waals surface area contributed by atoms with Crippen LogP contribution in [0, 0.1) is 5.92 Å². The molecule has 2 N–H and O–H groups in total. The van der Waals surface area contributed by atoms with Gasteiger partial charge < -0.3 is 20.1 Å². The number of hydrogen-bond acceptors (Lipinski definition) is 7. The second kappa shape index (κ2) is 9.10. The summed E-state index contributed by atoms with van der Waals surface area (Å²) in [7, 11) is 2.90. The monoisotopic (exact) mass is 484 g/mol. The van der Waals surface area contributed by atoms with E-state index in [4.69, 9.17) is 17.0 Å². The second-order valence-electron chi connectivity index (χ2n) is 7.75. The van der Waals surface area contributed by atoms with E-state index in [1.807, 2.05) is 0 Å². The molecule has 0 aromatic carbocycles. The first-order valence-corrected chi connectivity index (χ1v) is 11.3. The van der Waals surface area contributed by atoms with Crippen LogP contribution in [0.5, 0.6) is 5.88 Å². The van der Waals surface area contributed by atoms with Crippen molar-refractivity contribution in [3.63, 3.8) is 0 Å². The van der Waals surface area contributed by atoms with E-state index in [1.54, 1.807) is 7.05 Å². The highest BCUT2D eigenvalue weighted by atomic mass is 32.1. The number of thiophene rings is 1. The number of anilines is 1. The first-order chi connectivity index (χ1) is 15.3. The Morgan fingerprint density at radius 2 is 2.09 bits per heavy atom. The van der Waals surface area contributed by atoms with Crippen molar-refractivity contribution in [3.8, 4) is 5.88 Å². The molecule has 2 aromatic rings. The smallest absolute Gasteiger partial charge is 0.388 e. The second-order valence-corrected chi connectivity index (χ2v) is 9.26. The molecule has 0 saturated heterocycles. The number of ether oxygens (including phenoxy) is 2. The number of esters is 1. The Labute approximate surface area is 192 Å². The molecule has 1 atom stereocenters. The predicted octanol–water partition coefficient (Wildman–Crippen LogP) is 3.04. The number of halogens is 2. The Bertz CT molecular complexity index is 1060. The summed E-state index contributed by atoms with van der Waals surface area (Å²) < 4.78 is 35.6. The van der Waals surface area contributed by atoms with Crippen molar-refractivity contribution in [1.82, 2.24) is 15.1 Å². The predicted molar refractivity (Wildman–Crippen MR) is 118 cm³/mol. The van der Waals surface area contributed by atoms with Gasteiger partial charge in [0.25, 0.3) is 0 Å². The number of methoxy groups -OCH3 is 1. The lowest BCUT2D eigenvalue weighted by Crippen LogP contribution is -2.39. The summed E-state index contributed by atoms with van der Waals surface area (Å²) in [4.78, 5) is 26.2. The molecule has 0 spiro atoms.